The lowest BCUT2D eigenvalue weighted by Gasteiger charge is -2.04. The van der Waals surface area contributed by atoms with Crippen LogP contribution in [0.2, 0.25) is 0 Å². The summed E-state index contributed by atoms with van der Waals surface area (Å²) < 4.78 is 16.3. The molecule has 0 fully saturated rings. The van der Waals surface area contributed by atoms with Crippen molar-refractivity contribution in [2.24, 2.45) is 0 Å². The minimum atomic E-state index is -0.589. The minimum absolute atomic E-state index is 0.0936. The topological polar surface area (TPSA) is 95.9 Å². The molecule has 3 heterocycles. The van der Waals surface area contributed by atoms with E-state index in [4.69, 9.17) is 14.0 Å². The summed E-state index contributed by atoms with van der Waals surface area (Å²) in [6, 6.07) is 2.88. The standard InChI is InChI=1S/C13H11N3O5S/c1-8-4-10(15-21-8)19-7-12(18)20-6-9-5-11(17)16-2-3-22-13(16)14-9/h2-5H,6-7H2,1H3. The number of aryl methyl sites for hydroxylation is 1. The van der Waals surface area contributed by atoms with Gasteiger partial charge in [0, 0.05) is 23.7 Å². The fourth-order valence-corrected chi connectivity index (χ4v) is 2.44. The summed E-state index contributed by atoms with van der Waals surface area (Å²) in [6.45, 7) is 1.32. The van der Waals surface area contributed by atoms with E-state index in [-0.39, 0.29) is 24.7 Å². The SMILES string of the molecule is Cc1cc(OCC(=O)OCc2cc(=O)n3ccsc3n2)no1. The summed E-state index contributed by atoms with van der Waals surface area (Å²) in [5, 5.41) is 5.34. The summed E-state index contributed by atoms with van der Waals surface area (Å²) in [5.41, 5.74) is 0.171. The average molecular weight is 321 g/mol. The molecule has 3 rings (SSSR count). The molecule has 0 bridgehead atoms. The van der Waals surface area contributed by atoms with Crippen LogP contribution >= 0.6 is 11.3 Å². The number of hydrogen-bond acceptors (Lipinski definition) is 8. The van der Waals surface area contributed by atoms with Gasteiger partial charge >= 0.3 is 5.97 Å². The molecule has 0 radical (unpaired) electrons. The number of carbonyl (C=O) groups is 1. The maximum atomic E-state index is 11.8. The number of carbonyl (C=O) groups excluding carboxylic acids is 1. The zero-order valence-corrected chi connectivity index (χ0v) is 12.3. The Morgan fingerprint density at radius 1 is 1.45 bits per heavy atom. The van der Waals surface area contributed by atoms with Crippen LogP contribution in [0.4, 0.5) is 0 Å². The Labute approximate surface area is 127 Å². The van der Waals surface area contributed by atoms with Gasteiger partial charge in [0.25, 0.3) is 11.4 Å². The highest BCUT2D eigenvalue weighted by Crippen LogP contribution is 2.10. The summed E-state index contributed by atoms with van der Waals surface area (Å²) >= 11 is 1.33. The van der Waals surface area contributed by atoms with Crippen molar-refractivity contribution in [2.75, 3.05) is 6.61 Å². The number of rotatable bonds is 5. The fourth-order valence-electron chi connectivity index (χ4n) is 1.70. The second-order valence-corrected chi connectivity index (χ2v) is 5.24. The van der Waals surface area contributed by atoms with Gasteiger partial charge in [0.15, 0.2) is 11.6 Å². The molecule has 22 heavy (non-hydrogen) atoms. The summed E-state index contributed by atoms with van der Waals surface area (Å²) in [4.78, 5) is 28.1. The molecule has 114 valence electrons. The molecule has 0 unspecified atom stereocenters. The number of aromatic nitrogens is 3. The highest BCUT2D eigenvalue weighted by atomic mass is 32.1. The lowest BCUT2D eigenvalue weighted by atomic mass is 10.4. The first-order valence-electron chi connectivity index (χ1n) is 6.29. The predicted octanol–water partition coefficient (Wildman–Crippen LogP) is 1.17. The third-order valence-corrected chi connectivity index (χ3v) is 3.44. The van der Waals surface area contributed by atoms with Crippen molar-refractivity contribution < 1.29 is 18.8 Å². The molecule has 0 aromatic carbocycles. The highest BCUT2D eigenvalue weighted by molar-refractivity contribution is 7.15. The van der Waals surface area contributed by atoms with Gasteiger partial charge in [-0.3, -0.25) is 9.20 Å². The number of esters is 1. The Hall–Kier alpha value is -2.68. The van der Waals surface area contributed by atoms with Gasteiger partial charge in [0.1, 0.15) is 12.4 Å². The average Bonchev–Trinajstić information content (AvgIpc) is 3.12. The Kier molecular flexibility index (Phi) is 3.88. The molecule has 8 nitrogen and oxygen atoms in total. The van der Waals surface area contributed by atoms with Crippen LogP contribution in [0.3, 0.4) is 0 Å². The van der Waals surface area contributed by atoms with Gasteiger partial charge in [0.05, 0.1) is 5.69 Å². The quantitative estimate of drug-likeness (QED) is 0.651. The zero-order valence-electron chi connectivity index (χ0n) is 11.5. The van der Waals surface area contributed by atoms with Gasteiger partial charge in [0.2, 0.25) is 0 Å². The number of nitrogens with zero attached hydrogens (tertiary/aromatic N) is 3. The Morgan fingerprint density at radius 2 is 2.32 bits per heavy atom. The molecule has 0 aliphatic rings. The van der Waals surface area contributed by atoms with Crippen LogP contribution in [0.25, 0.3) is 4.96 Å². The normalized spacial score (nSPS) is 10.8. The van der Waals surface area contributed by atoms with Crippen molar-refractivity contribution in [3.63, 3.8) is 0 Å². The van der Waals surface area contributed by atoms with Gasteiger partial charge in [-0.2, -0.15) is 0 Å². The molecular weight excluding hydrogens is 310 g/mol. The van der Waals surface area contributed by atoms with Crippen molar-refractivity contribution >= 4 is 22.3 Å². The molecule has 0 N–H and O–H groups in total. The van der Waals surface area contributed by atoms with E-state index in [2.05, 4.69) is 10.1 Å². The van der Waals surface area contributed by atoms with Crippen molar-refractivity contribution in [3.8, 4) is 5.88 Å². The Bertz CT molecular complexity index is 866. The van der Waals surface area contributed by atoms with Crippen LogP contribution in [-0.4, -0.2) is 27.1 Å². The zero-order chi connectivity index (χ0) is 15.5. The van der Waals surface area contributed by atoms with Crippen LogP contribution in [0.5, 0.6) is 5.88 Å². The second-order valence-electron chi connectivity index (χ2n) is 4.37. The van der Waals surface area contributed by atoms with Crippen LogP contribution < -0.4 is 10.3 Å². The van der Waals surface area contributed by atoms with Crippen molar-refractivity contribution in [2.45, 2.75) is 13.5 Å². The predicted molar refractivity (Wildman–Crippen MR) is 75.9 cm³/mol. The molecule has 0 aliphatic carbocycles. The molecule has 0 amide bonds. The number of fused-ring (bicyclic) bond motifs is 1. The van der Waals surface area contributed by atoms with Gasteiger partial charge in [-0.05, 0) is 12.1 Å². The molecule has 0 atom stereocenters. The maximum absolute atomic E-state index is 11.8. The second kappa shape index (κ2) is 5.98. The monoisotopic (exact) mass is 321 g/mol. The summed E-state index contributed by atoms with van der Waals surface area (Å²) in [5.74, 6) is 0.206. The molecule has 3 aromatic rings. The fraction of sp³-hybridized carbons (Fsp3) is 0.231. The van der Waals surface area contributed by atoms with Gasteiger partial charge in [-0.25, -0.2) is 9.78 Å². The van der Waals surface area contributed by atoms with Crippen molar-refractivity contribution in [1.82, 2.24) is 14.5 Å². The third kappa shape index (κ3) is 3.14. The smallest absolute Gasteiger partial charge is 0.344 e. The van der Waals surface area contributed by atoms with E-state index in [9.17, 15) is 9.59 Å². The summed E-state index contributed by atoms with van der Waals surface area (Å²) in [7, 11) is 0. The Morgan fingerprint density at radius 3 is 3.09 bits per heavy atom. The molecule has 0 aliphatic heterocycles. The molecular formula is C13H11N3O5S. The van der Waals surface area contributed by atoms with Gasteiger partial charge in [-0.15, -0.1) is 11.3 Å². The first-order chi connectivity index (χ1) is 10.6. The van der Waals surface area contributed by atoms with E-state index >= 15 is 0 Å². The van der Waals surface area contributed by atoms with E-state index in [0.717, 1.165) is 0 Å². The van der Waals surface area contributed by atoms with E-state index in [1.165, 1.54) is 21.8 Å². The lowest BCUT2D eigenvalue weighted by Crippen LogP contribution is -2.17. The molecule has 0 saturated heterocycles. The lowest BCUT2D eigenvalue weighted by molar-refractivity contribution is -0.147. The highest BCUT2D eigenvalue weighted by Gasteiger charge is 2.09. The first kappa shape index (κ1) is 14.3. The minimum Gasteiger partial charge on any atom is -0.463 e. The van der Waals surface area contributed by atoms with Crippen molar-refractivity contribution in [3.05, 3.63) is 45.5 Å². The summed E-state index contributed by atoms with van der Waals surface area (Å²) in [6.07, 6.45) is 1.64. The Balaban J connectivity index is 1.56. The molecule has 0 spiro atoms. The van der Waals surface area contributed by atoms with E-state index in [1.807, 2.05) is 0 Å². The van der Waals surface area contributed by atoms with Crippen LogP contribution in [0.1, 0.15) is 11.5 Å². The number of hydrogen-bond donors (Lipinski definition) is 0. The molecule has 0 saturated carbocycles. The molecule has 3 aromatic heterocycles. The maximum Gasteiger partial charge on any atom is 0.344 e. The van der Waals surface area contributed by atoms with Crippen molar-refractivity contribution in [1.29, 1.82) is 0 Å². The van der Waals surface area contributed by atoms with E-state index in [1.54, 1.807) is 24.6 Å². The number of thiazole rings is 1. The number of ether oxygens (including phenoxy) is 2. The van der Waals surface area contributed by atoms with Crippen LogP contribution in [0, 0.1) is 6.92 Å². The molecule has 9 heteroatoms. The van der Waals surface area contributed by atoms with Crippen LogP contribution in [0.15, 0.2) is 33.0 Å². The van der Waals surface area contributed by atoms with E-state index in [0.29, 0.717) is 16.4 Å². The largest absolute Gasteiger partial charge is 0.463 e. The van der Waals surface area contributed by atoms with Gasteiger partial charge in [-0.1, -0.05) is 0 Å². The van der Waals surface area contributed by atoms with E-state index < -0.39 is 5.97 Å². The third-order valence-electron chi connectivity index (χ3n) is 2.68. The van der Waals surface area contributed by atoms with Gasteiger partial charge < -0.3 is 14.0 Å². The van der Waals surface area contributed by atoms with Crippen LogP contribution in [-0.2, 0) is 16.1 Å². The first-order valence-corrected chi connectivity index (χ1v) is 7.17.